The minimum absolute atomic E-state index is 0.00273. The number of rotatable bonds is 4. The largest absolute Gasteiger partial charge is 0.362 e. The number of aryl methyl sites for hydroxylation is 2. The Hall–Kier alpha value is -2.00. The van der Waals surface area contributed by atoms with Gasteiger partial charge in [0.05, 0.1) is 17.8 Å². The van der Waals surface area contributed by atoms with Crippen molar-refractivity contribution >= 4 is 39.9 Å². The number of aromatic nitrogens is 3. The maximum absolute atomic E-state index is 5.75. The van der Waals surface area contributed by atoms with Gasteiger partial charge in [-0.15, -0.1) is 0 Å². The number of H-pyrrole nitrogens is 1. The van der Waals surface area contributed by atoms with Crippen LogP contribution >= 0.6 is 34.8 Å². The number of hydrogen-bond donors (Lipinski definition) is 2. The minimum atomic E-state index is 0.00273. The first-order chi connectivity index (χ1) is 13.1. The first-order valence-corrected chi connectivity index (χ1v) is 10.3. The highest BCUT2D eigenvalue weighted by molar-refractivity contribution is 14.1. The van der Waals surface area contributed by atoms with Crippen molar-refractivity contribution in [2.45, 2.75) is 32.5 Å². The molecule has 2 atom stereocenters. The van der Waals surface area contributed by atoms with Gasteiger partial charge in [-0.3, -0.25) is 9.97 Å². The van der Waals surface area contributed by atoms with E-state index >= 15 is 0 Å². The molecule has 1 saturated heterocycles. The van der Waals surface area contributed by atoms with Gasteiger partial charge >= 0.3 is 0 Å². The average molecular weight is 489 g/mol. The zero-order valence-electron chi connectivity index (χ0n) is 15.1. The molecule has 1 fully saturated rings. The van der Waals surface area contributed by atoms with Crippen LogP contribution in [-0.4, -0.2) is 25.0 Å². The molecule has 0 amide bonds. The van der Waals surface area contributed by atoms with E-state index in [0.717, 1.165) is 17.4 Å². The molecule has 1 aliphatic rings. The fraction of sp³-hybridized carbons (Fsp3) is 0.250. The smallest absolute Gasteiger partial charge is 0.170 e. The monoisotopic (exact) mass is 489 g/mol. The molecular weight excluding hydrogens is 469 g/mol. The van der Waals surface area contributed by atoms with Crippen molar-refractivity contribution in [1.29, 1.82) is 0 Å². The quantitative estimate of drug-likeness (QED) is 0.425. The Morgan fingerprint density at radius 3 is 2.52 bits per heavy atom. The van der Waals surface area contributed by atoms with Gasteiger partial charge in [-0.1, -0.05) is 6.07 Å². The first kappa shape index (κ1) is 18.4. The summed E-state index contributed by atoms with van der Waals surface area (Å²) < 4.78 is 1.25. The van der Waals surface area contributed by atoms with Crippen LogP contribution in [-0.2, 0) is 6.54 Å². The van der Waals surface area contributed by atoms with E-state index in [-0.39, 0.29) is 12.1 Å². The minimum Gasteiger partial charge on any atom is -0.362 e. The fourth-order valence-corrected chi connectivity index (χ4v) is 4.86. The lowest BCUT2D eigenvalue weighted by molar-refractivity contribution is 0.309. The first-order valence-electron chi connectivity index (χ1n) is 8.77. The zero-order chi connectivity index (χ0) is 19.0. The standard InChI is InChI=1S/C20H20IN5S/c1-12-16(17(21)13(2)24-12)19-18(15-5-3-4-8-23-15)25-20(27)26(19)11-14-6-9-22-10-7-14/h3-10,18-19,24H,11H2,1-2H3,(H,25,27)/t18-,19-/m0/s1. The second-order valence-electron chi connectivity index (χ2n) is 6.71. The second-order valence-corrected chi connectivity index (χ2v) is 8.18. The van der Waals surface area contributed by atoms with Gasteiger partial charge in [0.2, 0.25) is 0 Å². The summed E-state index contributed by atoms with van der Waals surface area (Å²) in [6, 6.07) is 10.2. The van der Waals surface area contributed by atoms with Gasteiger partial charge in [0, 0.05) is 45.7 Å². The van der Waals surface area contributed by atoms with Crippen molar-refractivity contribution in [3.63, 3.8) is 0 Å². The Bertz CT molecular complexity index is 957. The summed E-state index contributed by atoms with van der Waals surface area (Å²) in [6.07, 6.45) is 5.48. The highest BCUT2D eigenvalue weighted by Gasteiger charge is 2.42. The van der Waals surface area contributed by atoms with Gasteiger partial charge < -0.3 is 15.2 Å². The number of aromatic amines is 1. The third-order valence-corrected chi connectivity index (χ3v) is 6.68. The molecule has 0 unspecified atom stereocenters. The molecule has 7 heteroatoms. The molecule has 0 spiro atoms. The number of thiocarbonyl (C=S) groups is 1. The van der Waals surface area contributed by atoms with Crippen LogP contribution in [0.4, 0.5) is 0 Å². The third kappa shape index (κ3) is 3.45. The van der Waals surface area contributed by atoms with Gasteiger partial charge in [-0.05, 0) is 78.5 Å². The molecule has 138 valence electrons. The Morgan fingerprint density at radius 1 is 1.11 bits per heavy atom. The SMILES string of the molecule is Cc1[nH]c(C)c([C@H]2[C@H](c3ccccn3)NC(=S)N2Cc2ccncc2)c1I. The molecule has 0 aliphatic carbocycles. The summed E-state index contributed by atoms with van der Waals surface area (Å²) in [5.74, 6) is 0. The molecule has 1 aliphatic heterocycles. The number of pyridine rings is 2. The molecule has 27 heavy (non-hydrogen) atoms. The van der Waals surface area contributed by atoms with Crippen LogP contribution in [0, 0.1) is 17.4 Å². The van der Waals surface area contributed by atoms with Crippen LogP contribution in [0.1, 0.15) is 40.3 Å². The Morgan fingerprint density at radius 2 is 1.89 bits per heavy atom. The fourth-order valence-electron chi connectivity index (χ4n) is 3.70. The maximum Gasteiger partial charge on any atom is 0.170 e. The van der Waals surface area contributed by atoms with Crippen molar-refractivity contribution in [3.8, 4) is 0 Å². The lowest BCUT2D eigenvalue weighted by Crippen LogP contribution is -2.29. The summed E-state index contributed by atoms with van der Waals surface area (Å²) in [6.45, 7) is 4.97. The Kier molecular flexibility index (Phi) is 5.14. The van der Waals surface area contributed by atoms with Crippen LogP contribution < -0.4 is 5.32 Å². The van der Waals surface area contributed by atoms with E-state index in [1.807, 2.05) is 42.9 Å². The van der Waals surface area contributed by atoms with E-state index in [1.165, 1.54) is 26.1 Å². The summed E-state index contributed by atoms with van der Waals surface area (Å²) in [4.78, 5) is 14.5. The number of halogens is 1. The van der Waals surface area contributed by atoms with Gasteiger partial charge in [-0.2, -0.15) is 0 Å². The number of nitrogens with one attached hydrogen (secondary N) is 2. The maximum atomic E-state index is 5.75. The highest BCUT2D eigenvalue weighted by atomic mass is 127. The molecule has 0 aromatic carbocycles. The van der Waals surface area contributed by atoms with Gasteiger partial charge in [0.15, 0.2) is 5.11 Å². The number of nitrogens with zero attached hydrogens (tertiary/aromatic N) is 3. The molecule has 5 nitrogen and oxygen atoms in total. The van der Waals surface area contributed by atoms with E-state index in [4.69, 9.17) is 12.2 Å². The predicted molar refractivity (Wildman–Crippen MR) is 118 cm³/mol. The lowest BCUT2D eigenvalue weighted by atomic mass is 9.96. The van der Waals surface area contributed by atoms with E-state index in [2.05, 4.69) is 67.7 Å². The average Bonchev–Trinajstić information content (AvgIpc) is 3.12. The molecule has 4 heterocycles. The third-order valence-electron chi connectivity index (χ3n) is 4.94. The van der Waals surface area contributed by atoms with Crippen LogP contribution in [0.25, 0.3) is 0 Å². The lowest BCUT2D eigenvalue weighted by Gasteiger charge is -2.28. The predicted octanol–water partition coefficient (Wildman–Crippen LogP) is 4.20. The van der Waals surface area contributed by atoms with Crippen LogP contribution in [0.3, 0.4) is 0 Å². The van der Waals surface area contributed by atoms with E-state index in [9.17, 15) is 0 Å². The van der Waals surface area contributed by atoms with E-state index < -0.39 is 0 Å². The van der Waals surface area contributed by atoms with Crippen LogP contribution in [0.15, 0.2) is 48.9 Å². The topological polar surface area (TPSA) is 56.8 Å². The molecule has 0 saturated carbocycles. The molecule has 3 aromatic rings. The zero-order valence-corrected chi connectivity index (χ0v) is 18.1. The normalized spacial score (nSPS) is 19.4. The van der Waals surface area contributed by atoms with E-state index in [0.29, 0.717) is 0 Å². The molecular formula is C20H20IN5S. The summed E-state index contributed by atoms with van der Waals surface area (Å²) >= 11 is 8.18. The van der Waals surface area contributed by atoms with Crippen LogP contribution in [0.2, 0.25) is 0 Å². The highest BCUT2D eigenvalue weighted by Crippen LogP contribution is 2.43. The van der Waals surface area contributed by atoms with Crippen molar-refractivity contribution < 1.29 is 0 Å². The van der Waals surface area contributed by atoms with Crippen molar-refractivity contribution in [2.75, 3.05) is 0 Å². The summed E-state index contributed by atoms with van der Waals surface area (Å²) in [7, 11) is 0. The molecule has 2 N–H and O–H groups in total. The molecule has 0 radical (unpaired) electrons. The Labute approximate surface area is 177 Å². The van der Waals surface area contributed by atoms with Gasteiger partial charge in [0.25, 0.3) is 0 Å². The van der Waals surface area contributed by atoms with Gasteiger partial charge in [-0.25, -0.2) is 0 Å². The Balaban J connectivity index is 1.80. The summed E-state index contributed by atoms with van der Waals surface area (Å²) in [5.41, 5.74) is 5.82. The second kappa shape index (κ2) is 7.55. The molecule has 4 rings (SSSR count). The van der Waals surface area contributed by atoms with Crippen molar-refractivity contribution in [3.05, 3.63) is 80.7 Å². The number of hydrogen-bond acceptors (Lipinski definition) is 3. The van der Waals surface area contributed by atoms with Crippen molar-refractivity contribution in [2.24, 2.45) is 0 Å². The van der Waals surface area contributed by atoms with Crippen LogP contribution in [0.5, 0.6) is 0 Å². The van der Waals surface area contributed by atoms with Crippen molar-refractivity contribution in [1.82, 2.24) is 25.2 Å². The molecule has 3 aromatic heterocycles. The molecule has 0 bridgehead atoms. The van der Waals surface area contributed by atoms with E-state index in [1.54, 1.807) is 0 Å². The van der Waals surface area contributed by atoms with Gasteiger partial charge in [0.1, 0.15) is 0 Å². The summed E-state index contributed by atoms with van der Waals surface area (Å²) in [5, 5.41) is 4.27.